The topological polar surface area (TPSA) is 57.0 Å². The van der Waals surface area contributed by atoms with Gasteiger partial charge in [-0.2, -0.15) is 0 Å². The molecule has 5 heteroatoms. The lowest BCUT2D eigenvalue weighted by Crippen LogP contribution is -2.60. The number of hydrogen-bond donors (Lipinski definition) is 1. The summed E-state index contributed by atoms with van der Waals surface area (Å²) < 4.78 is 16.5. The maximum Gasteiger partial charge on any atom is 0.176 e. The second kappa shape index (κ2) is 7.40. The molecule has 0 aromatic rings. The molecule has 2 unspecified atom stereocenters. The molecule has 1 aliphatic heterocycles. The van der Waals surface area contributed by atoms with Gasteiger partial charge in [-0.1, -0.05) is 0 Å². The summed E-state index contributed by atoms with van der Waals surface area (Å²) in [6.07, 6.45) is 3.50. The molecular formula is C13H28N2O3. The summed E-state index contributed by atoms with van der Waals surface area (Å²) in [6.45, 7) is 4.27. The maximum absolute atomic E-state index is 5.92. The molecule has 0 radical (unpaired) electrons. The van der Waals surface area contributed by atoms with E-state index in [9.17, 15) is 0 Å². The Hall–Kier alpha value is -0.200. The summed E-state index contributed by atoms with van der Waals surface area (Å²) >= 11 is 0. The van der Waals surface area contributed by atoms with Gasteiger partial charge in [0.15, 0.2) is 6.29 Å². The van der Waals surface area contributed by atoms with E-state index in [1.165, 1.54) is 12.8 Å². The van der Waals surface area contributed by atoms with Crippen LogP contribution in [0.3, 0.4) is 0 Å². The fourth-order valence-electron chi connectivity index (χ4n) is 2.50. The van der Waals surface area contributed by atoms with Crippen LogP contribution in [0.25, 0.3) is 0 Å². The van der Waals surface area contributed by atoms with Gasteiger partial charge >= 0.3 is 0 Å². The Morgan fingerprint density at radius 3 is 2.50 bits per heavy atom. The molecule has 0 amide bonds. The lowest BCUT2D eigenvalue weighted by molar-refractivity contribution is -0.182. The predicted octanol–water partition coefficient (Wildman–Crippen LogP) is 0.824. The van der Waals surface area contributed by atoms with Crippen molar-refractivity contribution in [2.24, 2.45) is 5.73 Å². The Kier molecular flexibility index (Phi) is 6.52. The van der Waals surface area contributed by atoms with E-state index in [0.29, 0.717) is 12.6 Å². The minimum atomic E-state index is -0.343. The van der Waals surface area contributed by atoms with Crippen molar-refractivity contribution in [3.63, 3.8) is 0 Å². The highest BCUT2D eigenvalue weighted by Gasteiger charge is 2.38. The number of methoxy groups -OCH3 is 2. The third-order valence-electron chi connectivity index (χ3n) is 3.97. The quantitative estimate of drug-likeness (QED) is 0.687. The third-order valence-corrected chi connectivity index (χ3v) is 3.97. The van der Waals surface area contributed by atoms with Gasteiger partial charge in [0.25, 0.3) is 0 Å². The number of nitrogens with two attached hydrogens (primary N) is 1. The predicted molar refractivity (Wildman–Crippen MR) is 71.5 cm³/mol. The van der Waals surface area contributed by atoms with E-state index in [1.54, 1.807) is 14.2 Å². The van der Waals surface area contributed by atoms with Gasteiger partial charge in [-0.15, -0.1) is 0 Å². The number of ether oxygens (including phenoxy) is 3. The molecular weight excluding hydrogens is 232 g/mol. The Labute approximate surface area is 111 Å². The molecule has 2 atom stereocenters. The number of nitrogens with zero attached hydrogens (tertiary/aromatic N) is 1. The maximum atomic E-state index is 5.92. The first-order valence-electron chi connectivity index (χ1n) is 6.67. The Bertz CT molecular complexity index is 230. The summed E-state index contributed by atoms with van der Waals surface area (Å²) in [7, 11) is 5.34. The zero-order chi connectivity index (χ0) is 13.6. The minimum Gasteiger partial charge on any atom is -0.377 e. The van der Waals surface area contributed by atoms with Crippen molar-refractivity contribution in [1.29, 1.82) is 0 Å². The van der Waals surface area contributed by atoms with Crippen molar-refractivity contribution in [3.8, 4) is 0 Å². The molecule has 5 nitrogen and oxygen atoms in total. The van der Waals surface area contributed by atoms with Crippen LogP contribution in [0.4, 0.5) is 0 Å². The Morgan fingerprint density at radius 1 is 1.39 bits per heavy atom. The van der Waals surface area contributed by atoms with Crippen molar-refractivity contribution in [1.82, 2.24) is 4.90 Å². The SMILES string of the molecule is COC(OC)C(C)(CN)N(C)CC1CCCCO1. The van der Waals surface area contributed by atoms with Crippen molar-refractivity contribution in [2.75, 3.05) is 41.0 Å². The van der Waals surface area contributed by atoms with Crippen LogP contribution in [-0.2, 0) is 14.2 Å². The molecule has 0 bridgehead atoms. The van der Waals surface area contributed by atoms with E-state index in [1.807, 2.05) is 0 Å². The minimum absolute atomic E-state index is 0.295. The van der Waals surface area contributed by atoms with Crippen molar-refractivity contribution < 1.29 is 14.2 Å². The molecule has 0 aromatic carbocycles. The third kappa shape index (κ3) is 3.65. The van der Waals surface area contributed by atoms with Gasteiger partial charge in [-0.3, -0.25) is 4.90 Å². The highest BCUT2D eigenvalue weighted by Crippen LogP contribution is 2.22. The summed E-state index contributed by atoms with van der Waals surface area (Å²) in [5.41, 5.74) is 5.58. The van der Waals surface area contributed by atoms with E-state index in [0.717, 1.165) is 19.6 Å². The van der Waals surface area contributed by atoms with Crippen LogP contribution in [0.15, 0.2) is 0 Å². The van der Waals surface area contributed by atoms with Crippen LogP contribution in [0.2, 0.25) is 0 Å². The average Bonchev–Trinajstić information content (AvgIpc) is 2.40. The fraction of sp³-hybridized carbons (Fsp3) is 1.00. The van der Waals surface area contributed by atoms with Crippen molar-refractivity contribution >= 4 is 0 Å². The smallest absolute Gasteiger partial charge is 0.176 e. The molecule has 0 spiro atoms. The van der Waals surface area contributed by atoms with Gasteiger partial charge in [0.2, 0.25) is 0 Å². The summed E-state index contributed by atoms with van der Waals surface area (Å²) in [4.78, 5) is 2.20. The highest BCUT2D eigenvalue weighted by molar-refractivity contribution is 4.90. The van der Waals surface area contributed by atoms with E-state index < -0.39 is 0 Å². The molecule has 1 rings (SSSR count). The summed E-state index contributed by atoms with van der Waals surface area (Å²) in [6, 6.07) is 0. The van der Waals surface area contributed by atoms with Gasteiger partial charge in [0.1, 0.15) is 0 Å². The first kappa shape index (κ1) is 15.9. The fourth-order valence-corrected chi connectivity index (χ4v) is 2.50. The van der Waals surface area contributed by atoms with Gasteiger partial charge in [-0.25, -0.2) is 0 Å². The molecule has 108 valence electrons. The average molecular weight is 260 g/mol. The molecule has 0 aliphatic carbocycles. The van der Waals surface area contributed by atoms with Crippen LogP contribution in [-0.4, -0.2) is 63.8 Å². The molecule has 1 heterocycles. The molecule has 1 aliphatic rings. The normalized spacial score (nSPS) is 24.5. The number of hydrogen-bond acceptors (Lipinski definition) is 5. The van der Waals surface area contributed by atoms with Crippen LogP contribution in [0, 0.1) is 0 Å². The molecule has 0 aromatic heterocycles. The van der Waals surface area contributed by atoms with Crippen LogP contribution in [0.1, 0.15) is 26.2 Å². The van der Waals surface area contributed by atoms with Crippen LogP contribution < -0.4 is 5.73 Å². The largest absolute Gasteiger partial charge is 0.377 e. The lowest BCUT2D eigenvalue weighted by Gasteiger charge is -2.43. The zero-order valence-electron chi connectivity index (χ0n) is 12.1. The lowest BCUT2D eigenvalue weighted by atomic mass is 9.98. The molecule has 1 saturated heterocycles. The van der Waals surface area contributed by atoms with Gasteiger partial charge in [-0.05, 0) is 33.2 Å². The van der Waals surface area contributed by atoms with Crippen LogP contribution in [0.5, 0.6) is 0 Å². The molecule has 2 N–H and O–H groups in total. The molecule has 1 fully saturated rings. The zero-order valence-corrected chi connectivity index (χ0v) is 12.1. The van der Waals surface area contributed by atoms with Gasteiger partial charge in [0.05, 0.1) is 11.6 Å². The van der Waals surface area contributed by atoms with Crippen molar-refractivity contribution in [3.05, 3.63) is 0 Å². The Balaban J connectivity index is 2.61. The monoisotopic (exact) mass is 260 g/mol. The summed E-state index contributed by atoms with van der Waals surface area (Å²) in [5, 5.41) is 0. The van der Waals surface area contributed by atoms with E-state index >= 15 is 0 Å². The molecule has 18 heavy (non-hydrogen) atoms. The highest BCUT2D eigenvalue weighted by atomic mass is 16.7. The Morgan fingerprint density at radius 2 is 2.06 bits per heavy atom. The second-order valence-electron chi connectivity index (χ2n) is 5.23. The second-order valence-corrected chi connectivity index (χ2v) is 5.23. The van der Waals surface area contributed by atoms with E-state index in [-0.39, 0.29) is 11.8 Å². The first-order valence-corrected chi connectivity index (χ1v) is 6.67. The molecule has 0 saturated carbocycles. The van der Waals surface area contributed by atoms with Crippen LogP contribution >= 0.6 is 0 Å². The number of likely N-dealkylation sites (N-methyl/N-ethyl adjacent to an activating group) is 1. The van der Waals surface area contributed by atoms with E-state index in [4.69, 9.17) is 19.9 Å². The first-order chi connectivity index (χ1) is 8.58. The standard InChI is InChI=1S/C13H28N2O3/c1-13(10-14,12(16-3)17-4)15(2)9-11-7-5-6-8-18-11/h11-12H,5-10,14H2,1-4H3. The van der Waals surface area contributed by atoms with E-state index in [2.05, 4.69) is 18.9 Å². The summed E-state index contributed by atoms with van der Waals surface area (Å²) in [5.74, 6) is 0. The van der Waals surface area contributed by atoms with Gasteiger partial charge in [0, 0.05) is 33.9 Å². The number of rotatable bonds is 7. The van der Waals surface area contributed by atoms with Gasteiger partial charge < -0.3 is 19.9 Å². The van der Waals surface area contributed by atoms with Crippen molar-refractivity contribution in [2.45, 2.75) is 44.1 Å².